The van der Waals surface area contributed by atoms with E-state index in [0.717, 1.165) is 0 Å². The van der Waals surface area contributed by atoms with E-state index in [4.69, 9.17) is 21.7 Å². The highest BCUT2D eigenvalue weighted by Gasteiger charge is 2.38. The molecule has 2 fully saturated rings. The Labute approximate surface area is 139 Å². The fraction of sp³-hybridized carbons (Fsp3) is 0.533. The number of ether oxygens (including phenoxy) is 2. The molecular formula is C15H20N2O5S. The summed E-state index contributed by atoms with van der Waals surface area (Å²) >= 11 is 4.76. The first-order valence-corrected chi connectivity index (χ1v) is 7.81. The van der Waals surface area contributed by atoms with Crippen LogP contribution in [-0.4, -0.2) is 47.0 Å². The first kappa shape index (κ1) is 17.6. The Hall–Kier alpha value is -1.77. The third kappa shape index (κ3) is 4.15. The smallest absolute Gasteiger partial charge is 0.262 e. The van der Waals surface area contributed by atoms with Crippen LogP contribution in [0, 0.1) is 5.92 Å². The Morgan fingerprint density at radius 1 is 1.30 bits per heavy atom. The number of thiocarbonyl (C=S) groups is 1. The normalized spacial score (nSPS) is 31.2. The average molecular weight is 340 g/mol. The maximum atomic E-state index is 11.9. The fourth-order valence-electron chi connectivity index (χ4n) is 2.85. The molecule has 1 aliphatic heterocycles. The molecule has 0 aromatic heterocycles. The molecule has 0 aromatic carbocycles. The molecule has 126 valence electrons. The zero-order valence-corrected chi connectivity index (χ0v) is 13.6. The van der Waals surface area contributed by atoms with Gasteiger partial charge in [0.05, 0.1) is 12.4 Å². The maximum absolute atomic E-state index is 11.9. The number of carbonyl (C=O) groups is 2. The second-order valence-electron chi connectivity index (χ2n) is 5.37. The summed E-state index contributed by atoms with van der Waals surface area (Å²) in [5.74, 6) is -1.21. The Bertz CT molecular complexity index is 526. The predicted molar refractivity (Wildman–Crippen MR) is 86.2 cm³/mol. The molecule has 23 heavy (non-hydrogen) atoms. The summed E-state index contributed by atoms with van der Waals surface area (Å²) in [5.41, 5.74) is 0.00703. The highest BCUT2D eigenvalue weighted by molar-refractivity contribution is 7.80. The van der Waals surface area contributed by atoms with Gasteiger partial charge >= 0.3 is 0 Å². The number of hydrogen-bond donors (Lipinski definition) is 3. The van der Waals surface area contributed by atoms with E-state index < -0.39 is 30.1 Å². The summed E-state index contributed by atoms with van der Waals surface area (Å²) in [6.45, 7) is 5.78. The Kier molecular flexibility index (Phi) is 5.86. The van der Waals surface area contributed by atoms with Crippen LogP contribution in [0.3, 0.4) is 0 Å². The summed E-state index contributed by atoms with van der Waals surface area (Å²) in [4.78, 5) is 23.8. The van der Waals surface area contributed by atoms with E-state index >= 15 is 0 Å². The van der Waals surface area contributed by atoms with E-state index in [2.05, 4.69) is 17.2 Å². The molecule has 0 bridgehead atoms. The van der Waals surface area contributed by atoms with Crippen molar-refractivity contribution in [2.75, 3.05) is 6.61 Å². The first-order chi connectivity index (χ1) is 11.0. The molecular weight excluding hydrogens is 320 g/mol. The lowest BCUT2D eigenvalue weighted by Gasteiger charge is -2.37. The van der Waals surface area contributed by atoms with Gasteiger partial charge in [-0.1, -0.05) is 12.7 Å². The molecule has 8 heteroatoms. The molecule has 2 aliphatic rings. The first-order valence-electron chi connectivity index (χ1n) is 7.40. The van der Waals surface area contributed by atoms with Crippen molar-refractivity contribution in [1.29, 1.82) is 0 Å². The molecule has 2 rings (SSSR count). The quantitative estimate of drug-likeness (QED) is 0.285. The Balaban J connectivity index is 2.18. The van der Waals surface area contributed by atoms with Crippen LogP contribution in [0.4, 0.5) is 0 Å². The lowest BCUT2D eigenvalue weighted by Crippen LogP contribution is -2.52. The highest BCUT2D eigenvalue weighted by atomic mass is 32.1. The molecule has 1 aliphatic carbocycles. The summed E-state index contributed by atoms with van der Waals surface area (Å²) in [6.07, 6.45) is 2.07. The van der Waals surface area contributed by atoms with Crippen LogP contribution in [-0.2, 0) is 19.1 Å². The van der Waals surface area contributed by atoms with Crippen molar-refractivity contribution in [2.45, 2.75) is 38.1 Å². The van der Waals surface area contributed by atoms with Crippen LogP contribution in [0.5, 0.6) is 0 Å². The fourth-order valence-corrected chi connectivity index (χ4v) is 3.04. The topological polar surface area (TPSA) is 96.9 Å². The number of aliphatic hydroxyl groups excluding tert-OH is 1. The monoisotopic (exact) mass is 340 g/mol. The predicted octanol–water partition coefficient (Wildman–Crippen LogP) is 0.148. The number of carbonyl (C=O) groups excluding carboxylic acids is 2. The van der Waals surface area contributed by atoms with Crippen LogP contribution in [0.15, 0.2) is 24.5 Å². The number of amides is 2. The van der Waals surface area contributed by atoms with E-state index in [9.17, 15) is 14.7 Å². The number of allylic oxidation sites excluding steroid dienone is 1. The molecule has 0 radical (unpaired) electrons. The van der Waals surface area contributed by atoms with Crippen molar-refractivity contribution in [1.82, 2.24) is 10.6 Å². The van der Waals surface area contributed by atoms with Gasteiger partial charge in [-0.25, -0.2) is 0 Å². The van der Waals surface area contributed by atoms with E-state index in [0.29, 0.717) is 19.4 Å². The zero-order valence-electron chi connectivity index (χ0n) is 12.8. The minimum Gasteiger partial charge on any atom is -0.496 e. The Morgan fingerprint density at radius 2 is 1.91 bits per heavy atom. The van der Waals surface area contributed by atoms with Gasteiger partial charge in [-0.15, -0.1) is 0 Å². The van der Waals surface area contributed by atoms with Gasteiger partial charge in [0.1, 0.15) is 17.8 Å². The molecule has 2 amide bonds. The maximum Gasteiger partial charge on any atom is 0.262 e. The standard InChI is InChI=1S/C15H20N2O5S/c1-3-21-10-6-8(7-11(12(10)18)22-4-2)5-9-13(19)16-15(23)17-14(9)20/h3,5,8,10-12,18H,1,4,6-7H2,2H3,(H2,16,17,19,20,23). The van der Waals surface area contributed by atoms with Gasteiger partial charge in [0, 0.05) is 6.61 Å². The lowest BCUT2D eigenvalue weighted by atomic mass is 9.82. The van der Waals surface area contributed by atoms with Crippen molar-refractivity contribution in [2.24, 2.45) is 5.92 Å². The van der Waals surface area contributed by atoms with Gasteiger partial charge in [0.25, 0.3) is 11.8 Å². The van der Waals surface area contributed by atoms with Crippen LogP contribution in [0.2, 0.25) is 0 Å². The number of hydrogen-bond acceptors (Lipinski definition) is 6. The molecule has 0 aromatic rings. The minimum atomic E-state index is -0.788. The summed E-state index contributed by atoms with van der Waals surface area (Å²) < 4.78 is 10.9. The van der Waals surface area contributed by atoms with Crippen molar-refractivity contribution in [3.63, 3.8) is 0 Å². The lowest BCUT2D eigenvalue weighted by molar-refractivity contribution is -0.125. The second-order valence-corrected chi connectivity index (χ2v) is 5.78. The molecule has 4 atom stereocenters. The highest BCUT2D eigenvalue weighted by Crippen LogP contribution is 2.31. The summed E-state index contributed by atoms with van der Waals surface area (Å²) in [7, 11) is 0. The second kappa shape index (κ2) is 7.67. The van der Waals surface area contributed by atoms with Crippen LogP contribution in [0.1, 0.15) is 19.8 Å². The minimum absolute atomic E-state index is 0.00345. The molecule has 3 N–H and O–H groups in total. The molecule has 0 spiro atoms. The average Bonchev–Trinajstić information content (AvgIpc) is 2.48. The molecule has 4 unspecified atom stereocenters. The third-order valence-electron chi connectivity index (χ3n) is 3.83. The van der Waals surface area contributed by atoms with E-state index in [-0.39, 0.29) is 16.6 Å². The van der Waals surface area contributed by atoms with Crippen LogP contribution >= 0.6 is 12.2 Å². The van der Waals surface area contributed by atoms with E-state index in [1.54, 1.807) is 6.08 Å². The van der Waals surface area contributed by atoms with Crippen LogP contribution in [0.25, 0.3) is 0 Å². The largest absolute Gasteiger partial charge is 0.496 e. The summed E-state index contributed by atoms with van der Waals surface area (Å²) in [5, 5.41) is 15.0. The molecule has 1 saturated carbocycles. The number of aliphatic hydroxyl groups is 1. The molecule has 1 heterocycles. The third-order valence-corrected chi connectivity index (χ3v) is 4.03. The van der Waals surface area contributed by atoms with Gasteiger partial charge < -0.3 is 14.6 Å². The summed E-state index contributed by atoms with van der Waals surface area (Å²) in [6, 6.07) is 0. The van der Waals surface area contributed by atoms with Gasteiger partial charge in [-0.3, -0.25) is 20.2 Å². The van der Waals surface area contributed by atoms with Gasteiger partial charge in [0.15, 0.2) is 5.11 Å². The van der Waals surface area contributed by atoms with Gasteiger partial charge in [0.2, 0.25) is 0 Å². The van der Waals surface area contributed by atoms with E-state index in [1.165, 1.54) is 6.26 Å². The van der Waals surface area contributed by atoms with E-state index in [1.807, 2.05) is 6.92 Å². The molecule has 7 nitrogen and oxygen atoms in total. The SMILES string of the molecule is C=COC1CC(C=C2C(=O)NC(=S)NC2=O)CC(OCC)C1O. The van der Waals surface area contributed by atoms with Crippen molar-refractivity contribution < 1.29 is 24.2 Å². The van der Waals surface area contributed by atoms with Gasteiger partial charge in [-0.2, -0.15) is 0 Å². The van der Waals surface area contributed by atoms with Crippen molar-refractivity contribution in [3.8, 4) is 0 Å². The van der Waals surface area contributed by atoms with Crippen molar-refractivity contribution >= 4 is 29.1 Å². The van der Waals surface area contributed by atoms with Crippen LogP contribution < -0.4 is 10.6 Å². The molecule has 1 saturated heterocycles. The van der Waals surface area contributed by atoms with Crippen molar-refractivity contribution in [3.05, 3.63) is 24.5 Å². The number of nitrogens with one attached hydrogen (secondary N) is 2. The zero-order chi connectivity index (χ0) is 17.0. The Morgan fingerprint density at radius 3 is 2.48 bits per heavy atom. The van der Waals surface area contributed by atoms with Gasteiger partial charge in [-0.05, 0) is 37.9 Å². The number of rotatable bonds is 5.